The molecule has 0 aliphatic carbocycles. The van der Waals surface area contributed by atoms with E-state index in [0.717, 1.165) is 5.56 Å². The van der Waals surface area contributed by atoms with Gasteiger partial charge in [-0.1, -0.05) is 44.2 Å². The number of hydrogen-bond acceptors (Lipinski definition) is 3. The highest BCUT2D eigenvalue weighted by Crippen LogP contribution is 2.28. The number of amides is 1. The van der Waals surface area contributed by atoms with Gasteiger partial charge in [0.25, 0.3) is 0 Å². The first-order chi connectivity index (χ1) is 11.1. The molecule has 0 radical (unpaired) electrons. The molecule has 2 heterocycles. The maximum Gasteiger partial charge on any atom is 0.244 e. The van der Waals surface area contributed by atoms with Crippen LogP contribution < -0.4 is 0 Å². The molecule has 0 N–H and O–H groups in total. The van der Waals surface area contributed by atoms with Crippen LogP contribution in [-0.2, 0) is 16.1 Å². The van der Waals surface area contributed by atoms with Crippen LogP contribution in [-0.4, -0.2) is 39.8 Å². The molecule has 2 atom stereocenters. The Bertz CT molecular complexity index is 625. The molecule has 0 unspecified atom stereocenters. The fourth-order valence-corrected chi connectivity index (χ4v) is 2.84. The molecule has 3 rings (SSSR count). The molecule has 1 aliphatic rings. The van der Waals surface area contributed by atoms with Crippen molar-refractivity contribution >= 4 is 5.91 Å². The Morgan fingerprint density at radius 2 is 2.04 bits per heavy atom. The number of ether oxygens (including phenoxy) is 1. The Balaban J connectivity index is 1.75. The third-order valence-electron chi connectivity index (χ3n) is 4.25. The second kappa shape index (κ2) is 6.96. The lowest BCUT2D eigenvalue weighted by molar-refractivity contribution is -0.150. The molecule has 1 aromatic heterocycles. The van der Waals surface area contributed by atoms with E-state index < -0.39 is 0 Å². The van der Waals surface area contributed by atoms with E-state index in [9.17, 15) is 4.79 Å². The van der Waals surface area contributed by atoms with E-state index >= 15 is 0 Å². The van der Waals surface area contributed by atoms with Crippen LogP contribution in [0.15, 0.2) is 48.8 Å². The summed E-state index contributed by atoms with van der Waals surface area (Å²) in [7, 11) is 0. The number of morpholine rings is 1. The van der Waals surface area contributed by atoms with E-state index in [1.807, 2.05) is 35.4 Å². The van der Waals surface area contributed by atoms with Gasteiger partial charge in [0.2, 0.25) is 5.91 Å². The van der Waals surface area contributed by atoms with E-state index in [1.165, 1.54) is 0 Å². The first-order valence-corrected chi connectivity index (χ1v) is 8.09. The van der Waals surface area contributed by atoms with Crippen LogP contribution in [0.3, 0.4) is 0 Å². The van der Waals surface area contributed by atoms with E-state index in [0.29, 0.717) is 19.0 Å². The van der Waals surface area contributed by atoms with Crippen LogP contribution in [0.25, 0.3) is 0 Å². The monoisotopic (exact) mass is 313 g/mol. The summed E-state index contributed by atoms with van der Waals surface area (Å²) in [6.07, 6.45) is 3.48. The van der Waals surface area contributed by atoms with Crippen LogP contribution in [0.5, 0.6) is 0 Å². The quantitative estimate of drug-likeness (QED) is 0.871. The molecule has 5 heteroatoms. The van der Waals surface area contributed by atoms with Crippen molar-refractivity contribution in [1.82, 2.24) is 14.7 Å². The van der Waals surface area contributed by atoms with Crippen LogP contribution in [0.1, 0.15) is 25.5 Å². The number of rotatable bonds is 4. The van der Waals surface area contributed by atoms with Gasteiger partial charge in [-0.15, -0.1) is 0 Å². The summed E-state index contributed by atoms with van der Waals surface area (Å²) < 4.78 is 7.90. The van der Waals surface area contributed by atoms with E-state index in [2.05, 4.69) is 31.1 Å². The highest BCUT2D eigenvalue weighted by molar-refractivity contribution is 5.76. The zero-order valence-electron chi connectivity index (χ0n) is 13.6. The predicted molar refractivity (Wildman–Crippen MR) is 87.7 cm³/mol. The number of nitrogens with zero attached hydrogens (tertiary/aromatic N) is 3. The second-order valence-electron chi connectivity index (χ2n) is 6.32. The average Bonchev–Trinajstić information content (AvgIpc) is 3.08. The largest absolute Gasteiger partial charge is 0.366 e. The summed E-state index contributed by atoms with van der Waals surface area (Å²) in [5.74, 6) is 0.449. The normalized spacial score (nSPS) is 21.6. The van der Waals surface area contributed by atoms with Gasteiger partial charge in [-0.25, -0.2) is 0 Å². The molecule has 122 valence electrons. The summed E-state index contributed by atoms with van der Waals surface area (Å²) >= 11 is 0. The molecular weight excluding hydrogens is 290 g/mol. The third-order valence-corrected chi connectivity index (χ3v) is 4.25. The molecule has 5 nitrogen and oxygen atoms in total. The minimum Gasteiger partial charge on any atom is -0.366 e. The zero-order chi connectivity index (χ0) is 16.2. The molecular formula is C18H23N3O2. The number of carbonyl (C=O) groups is 1. The van der Waals surface area contributed by atoms with Gasteiger partial charge in [-0.05, 0) is 17.5 Å². The first-order valence-electron chi connectivity index (χ1n) is 8.09. The summed E-state index contributed by atoms with van der Waals surface area (Å²) in [6, 6.07) is 12.0. The lowest BCUT2D eigenvalue weighted by Gasteiger charge is -2.40. The molecule has 0 bridgehead atoms. The van der Waals surface area contributed by atoms with Gasteiger partial charge in [0.1, 0.15) is 12.6 Å². The molecule has 1 aliphatic heterocycles. The highest BCUT2D eigenvalue weighted by Gasteiger charge is 2.32. The molecule has 0 spiro atoms. The van der Waals surface area contributed by atoms with Gasteiger partial charge in [-0.2, -0.15) is 5.10 Å². The topological polar surface area (TPSA) is 47.4 Å². The molecule has 23 heavy (non-hydrogen) atoms. The maximum atomic E-state index is 12.6. The van der Waals surface area contributed by atoms with Crippen molar-refractivity contribution in [3.05, 3.63) is 54.4 Å². The number of aromatic nitrogens is 2. The smallest absolute Gasteiger partial charge is 0.244 e. The summed E-state index contributed by atoms with van der Waals surface area (Å²) in [4.78, 5) is 14.5. The standard InChI is InChI=1S/C18H23N3O2/c1-14(2)16-11-20(18(22)13-21-10-6-9-19-21)12-17(23-16)15-7-4-3-5-8-15/h3-10,14,16-17H,11-13H2,1-2H3/t16-,17+/m1/s1. The summed E-state index contributed by atoms with van der Waals surface area (Å²) in [6.45, 7) is 5.77. The molecule has 1 amide bonds. The number of carbonyl (C=O) groups excluding carboxylic acids is 1. The van der Waals surface area contributed by atoms with Gasteiger partial charge in [0.05, 0.1) is 12.6 Å². The van der Waals surface area contributed by atoms with Crippen molar-refractivity contribution in [2.24, 2.45) is 5.92 Å². The van der Waals surface area contributed by atoms with Crippen molar-refractivity contribution in [1.29, 1.82) is 0 Å². The van der Waals surface area contributed by atoms with E-state index in [-0.39, 0.29) is 24.7 Å². The van der Waals surface area contributed by atoms with Crippen LogP contribution >= 0.6 is 0 Å². The highest BCUT2D eigenvalue weighted by atomic mass is 16.5. The summed E-state index contributed by atoms with van der Waals surface area (Å²) in [5, 5.41) is 4.12. The maximum absolute atomic E-state index is 12.6. The number of hydrogen-bond donors (Lipinski definition) is 0. The SMILES string of the molecule is CC(C)[C@H]1CN(C(=O)Cn2cccn2)C[C@@H](c2ccccc2)O1. The molecule has 1 saturated heterocycles. The summed E-state index contributed by atoms with van der Waals surface area (Å²) in [5.41, 5.74) is 1.12. The lowest BCUT2D eigenvalue weighted by Crippen LogP contribution is -2.49. The zero-order valence-corrected chi connectivity index (χ0v) is 13.6. The molecule has 1 fully saturated rings. The Hall–Kier alpha value is -2.14. The Labute approximate surface area is 136 Å². The molecule has 0 saturated carbocycles. The molecule has 2 aromatic rings. The number of benzene rings is 1. The Kier molecular flexibility index (Phi) is 4.76. The van der Waals surface area contributed by atoms with Gasteiger partial charge in [0.15, 0.2) is 0 Å². The van der Waals surface area contributed by atoms with Crippen molar-refractivity contribution in [3.8, 4) is 0 Å². The van der Waals surface area contributed by atoms with Gasteiger partial charge in [-0.3, -0.25) is 9.48 Å². The molecule has 1 aromatic carbocycles. The minimum absolute atomic E-state index is 0.0514. The second-order valence-corrected chi connectivity index (χ2v) is 6.32. The van der Waals surface area contributed by atoms with E-state index in [4.69, 9.17) is 4.74 Å². The van der Waals surface area contributed by atoms with Crippen molar-refractivity contribution in [2.75, 3.05) is 13.1 Å². The fourth-order valence-electron chi connectivity index (χ4n) is 2.84. The fraction of sp³-hybridized carbons (Fsp3) is 0.444. The van der Waals surface area contributed by atoms with Gasteiger partial charge in [0, 0.05) is 18.9 Å². The van der Waals surface area contributed by atoms with Gasteiger partial charge >= 0.3 is 0 Å². The van der Waals surface area contributed by atoms with Crippen molar-refractivity contribution in [2.45, 2.75) is 32.6 Å². The average molecular weight is 313 g/mol. The minimum atomic E-state index is -0.0704. The van der Waals surface area contributed by atoms with Crippen molar-refractivity contribution < 1.29 is 9.53 Å². The Morgan fingerprint density at radius 1 is 1.26 bits per heavy atom. The lowest BCUT2D eigenvalue weighted by atomic mass is 10.0. The third kappa shape index (κ3) is 3.79. The van der Waals surface area contributed by atoms with Crippen LogP contribution in [0.2, 0.25) is 0 Å². The van der Waals surface area contributed by atoms with Crippen LogP contribution in [0, 0.1) is 5.92 Å². The van der Waals surface area contributed by atoms with Gasteiger partial charge < -0.3 is 9.64 Å². The first kappa shape index (κ1) is 15.7. The predicted octanol–water partition coefficient (Wildman–Crippen LogP) is 2.51. The Morgan fingerprint density at radius 3 is 2.70 bits per heavy atom. The van der Waals surface area contributed by atoms with Crippen LogP contribution in [0.4, 0.5) is 0 Å². The van der Waals surface area contributed by atoms with E-state index in [1.54, 1.807) is 10.9 Å². The van der Waals surface area contributed by atoms with Crippen molar-refractivity contribution in [3.63, 3.8) is 0 Å².